The molecule has 0 saturated carbocycles. The fraction of sp³-hybridized carbons (Fsp3) is 0.667. The van der Waals surface area contributed by atoms with Gasteiger partial charge in [-0.1, -0.05) is 11.6 Å². The first-order valence-electron chi connectivity index (χ1n) is 4.61. The Morgan fingerprint density at radius 1 is 1.67 bits per heavy atom. The Hall–Kier alpha value is 0.190. The van der Waals surface area contributed by atoms with E-state index in [2.05, 4.69) is 4.98 Å². The SMILES string of the molecule is OCC1(CSCc2cnc(Cl)s2)COC1. The maximum Gasteiger partial charge on any atom is 0.183 e. The van der Waals surface area contributed by atoms with E-state index in [1.165, 1.54) is 16.2 Å². The first kappa shape index (κ1) is 11.7. The monoisotopic (exact) mass is 265 g/mol. The largest absolute Gasteiger partial charge is 0.396 e. The van der Waals surface area contributed by atoms with Crippen molar-refractivity contribution < 1.29 is 9.84 Å². The highest BCUT2D eigenvalue weighted by atomic mass is 35.5. The van der Waals surface area contributed by atoms with E-state index in [-0.39, 0.29) is 12.0 Å². The minimum atomic E-state index is -0.000844. The number of halogens is 1. The molecule has 1 N–H and O–H groups in total. The molecule has 2 rings (SSSR count). The van der Waals surface area contributed by atoms with Crippen LogP contribution in [0, 0.1) is 5.41 Å². The van der Waals surface area contributed by atoms with E-state index in [0.29, 0.717) is 17.7 Å². The second-order valence-corrected chi connectivity index (χ2v) is 6.41. The van der Waals surface area contributed by atoms with E-state index in [9.17, 15) is 5.11 Å². The normalized spacial score (nSPS) is 18.8. The Morgan fingerprint density at radius 3 is 2.93 bits per heavy atom. The molecule has 0 atom stereocenters. The van der Waals surface area contributed by atoms with Crippen LogP contribution >= 0.6 is 34.7 Å². The van der Waals surface area contributed by atoms with Gasteiger partial charge in [0.05, 0.1) is 19.8 Å². The van der Waals surface area contributed by atoms with Crippen molar-refractivity contribution in [1.29, 1.82) is 0 Å². The molecule has 1 aromatic heterocycles. The highest BCUT2D eigenvalue weighted by Crippen LogP contribution is 2.33. The number of hydrogen-bond acceptors (Lipinski definition) is 5. The molecule has 3 nitrogen and oxygen atoms in total. The number of aliphatic hydroxyl groups excluding tert-OH is 1. The first-order chi connectivity index (χ1) is 7.24. The van der Waals surface area contributed by atoms with Gasteiger partial charge >= 0.3 is 0 Å². The van der Waals surface area contributed by atoms with Crippen LogP contribution < -0.4 is 0 Å². The van der Waals surface area contributed by atoms with E-state index in [0.717, 1.165) is 11.5 Å². The molecule has 0 bridgehead atoms. The van der Waals surface area contributed by atoms with Crippen LogP contribution in [0.1, 0.15) is 4.88 Å². The Bertz CT molecular complexity index is 322. The van der Waals surface area contributed by atoms with Crippen LogP contribution in [0.4, 0.5) is 0 Å². The topological polar surface area (TPSA) is 42.4 Å². The molecule has 15 heavy (non-hydrogen) atoms. The molecule has 0 aliphatic carbocycles. The summed E-state index contributed by atoms with van der Waals surface area (Å²) >= 11 is 9.04. The molecule has 0 radical (unpaired) electrons. The molecule has 1 saturated heterocycles. The molecule has 0 aromatic carbocycles. The smallest absolute Gasteiger partial charge is 0.183 e. The quantitative estimate of drug-likeness (QED) is 0.885. The van der Waals surface area contributed by atoms with Crippen molar-refractivity contribution >= 4 is 34.7 Å². The van der Waals surface area contributed by atoms with Crippen LogP contribution in [-0.2, 0) is 10.5 Å². The molecule has 6 heteroatoms. The lowest BCUT2D eigenvalue weighted by molar-refractivity contribution is -0.121. The highest BCUT2D eigenvalue weighted by molar-refractivity contribution is 7.98. The molecular formula is C9H12ClNO2S2. The Morgan fingerprint density at radius 2 is 2.47 bits per heavy atom. The predicted molar refractivity (Wildman–Crippen MR) is 63.6 cm³/mol. The van der Waals surface area contributed by atoms with Crippen molar-refractivity contribution in [3.8, 4) is 0 Å². The molecule has 0 unspecified atom stereocenters. The summed E-state index contributed by atoms with van der Waals surface area (Å²) in [7, 11) is 0. The molecule has 1 aliphatic heterocycles. The van der Waals surface area contributed by atoms with Gasteiger partial charge in [-0.3, -0.25) is 0 Å². The average Bonchev–Trinajstić information content (AvgIpc) is 2.56. The Balaban J connectivity index is 1.74. The average molecular weight is 266 g/mol. The third kappa shape index (κ3) is 2.85. The number of aliphatic hydroxyl groups is 1. The zero-order valence-corrected chi connectivity index (χ0v) is 10.5. The van der Waals surface area contributed by atoms with Crippen molar-refractivity contribution in [2.24, 2.45) is 5.41 Å². The molecule has 2 heterocycles. The summed E-state index contributed by atoms with van der Waals surface area (Å²) in [6.07, 6.45) is 1.81. The lowest BCUT2D eigenvalue weighted by Crippen LogP contribution is -2.47. The summed E-state index contributed by atoms with van der Waals surface area (Å²) in [5.74, 6) is 1.84. The third-order valence-electron chi connectivity index (χ3n) is 2.33. The van der Waals surface area contributed by atoms with Gasteiger partial charge in [0.25, 0.3) is 0 Å². The zero-order chi connectivity index (χ0) is 10.7. The lowest BCUT2D eigenvalue weighted by atomic mass is 9.90. The van der Waals surface area contributed by atoms with Crippen molar-refractivity contribution in [3.63, 3.8) is 0 Å². The maximum atomic E-state index is 9.21. The molecule has 84 valence electrons. The van der Waals surface area contributed by atoms with Gasteiger partial charge in [0, 0.05) is 28.0 Å². The van der Waals surface area contributed by atoms with Crippen LogP contribution in [0.3, 0.4) is 0 Å². The van der Waals surface area contributed by atoms with Gasteiger partial charge in [-0.25, -0.2) is 4.98 Å². The van der Waals surface area contributed by atoms with Crippen LogP contribution in [0.5, 0.6) is 0 Å². The fourth-order valence-electron chi connectivity index (χ4n) is 1.33. The second-order valence-electron chi connectivity index (χ2n) is 3.72. The first-order valence-corrected chi connectivity index (χ1v) is 6.96. The van der Waals surface area contributed by atoms with Gasteiger partial charge in [-0.2, -0.15) is 11.8 Å². The minimum Gasteiger partial charge on any atom is -0.396 e. The lowest BCUT2D eigenvalue weighted by Gasteiger charge is -2.39. The van der Waals surface area contributed by atoms with Gasteiger partial charge in [-0.05, 0) is 0 Å². The number of rotatable bonds is 5. The standard InChI is InChI=1S/C9H12ClNO2S2/c10-8-11-1-7(15-8)2-14-6-9(3-12)4-13-5-9/h1,12H,2-6H2. The third-order valence-corrected chi connectivity index (χ3v) is 4.96. The van der Waals surface area contributed by atoms with Gasteiger partial charge in [-0.15, -0.1) is 11.3 Å². The van der Waals surface area contributed by atoms with Gasteiger partial charge in [0.1, 0.15) is 0 Å². The van der Waals surface area contributed by atoms with Crippen molar-refractivity contribution in [1.82, 2.24) is 4.98 Å². The number of ether oxygens (including phenoxy) is 1. The highest BCUT2D eigenvalue weighted by Gasteiger charge is 2.37. The fourth-order valence-corrected chi connectivity index (χ4v) is 3.66. The summed E-state index contributed by atoms with van der Waals surface area (Å²) in [5.41, 5.74) is -0.000844. The van der Waals surface area contributed by atoms with Gasteiger partial charge in [0.15, 0.2) is 4.47 Å². The van der Waals surface area contributed by atoms with Crippen LogP contribution in [0.2, 0.25) is 4.47 Å². The van der Waals surface area contributed by atoms with Crippen molar-refractivity contribution in [3.05, 3.63) is 15.5 Å². The van der Waals surface area contributed by atoms with Gasteiger partial charge < -0.3 is 9.84 Å². The molecule has 1 aliphatic rings. The summed E-state index contributed by atoms with van der Waals surface area (Å²) in [5, 5.41) is 9.21. The van der Waals surface area contributed by atoms with E-state index >= 15 is 0 Å². The summed E-state index contributed by atoms with van der Waals surface area (Å²) in [6.45, 7) is 1.57. The number of aromatic nitrogens is 1. The molecule has 1 aromatic rings. The summed E-state index contributed by atoms with van der Waals surface area (Å²) in [4.78, 5) is 5.16. The van der Waals surface area contributed by atoms with Crippen molar-refractivity contribution in [2.75, 3.05) is 25.6 Å². The predicted octanol–water partition coefficient (Wildman–Crippen LogP) is 2.04. The van der Waals surface area contributed by atoms with E-state index in [1.807, 2.05) is 6.20 Å². The number of thioether (sulfide) groups is 1. The Kier molecular flexibility index (Phi) is 3.90. The second kappa shape index (κ2) is 5.01. The summed E-state index contributed by atoms with van der Waals surface area (Å²) < 4.78 is 5.72. The molecule has 1 fully saturated rings. The van der Waals surface area contributed by atoms with Crippen molar-refractivity contribution in [2.45, 2.75) is 5.75 Å². The maximum absolute atomic E-state index is 9.21. The van der Waals surface area contributed by atoms with E-state index in [1.54, 1.807) is 11.8 Å². The number of thiazole rings is 1. The summed E-state index contributed by atoms with van der Waals surface area (Å²) in [6, 6.07) is 0. The van der Waals surface area contributed by atoms with Crippen LogP contribution in [0.15, 0.2) is 6.20 Å². The Labute approximate surface area is 102 Å². The molecular weight excluding hydrogens is 254 g/mol. The zero-order valence-electron chi connectivity index (χ0n) is 8.11. The number of nitrogens with zero attached hydrogens (tertiary/aromatic N) is 1. The number of hydrogen-bond donors (Lipinski definition) is 1. The molecule has 0 amide bonds. The van der Waals surface area contributed by atoms with Crippen LogP contribution in [0.25, 0.3) is 0 Å². The minimum absolute atomic E-state index is 0.000844. The van der Waals surface area contributed by atoms with E-state index in [4.69, 9.17) is 16.3 Å². The van der Waals surface area contributed by atoms with Crippen LogP contribution in [-0.4, -0.2) is 35.7 Å². The molecule has 0 spiro atoms. The van der Waals surface area contributed by atoms with E-state index < -0.39 is 0 Å². The van der Waals surface area contributed by atoms with Gasteiger partial charge in [0.2, 0.25) is 0 Å².